The lowest BCUT2D eigenvalue weighted by Gasteiger charge is -2.04. The normalized spacial score (nSPS) is 10.7. The predicted octanol–water partition coefficient (Wildman–Crippen LogP) is 2.79. The molecule has 0 saturated carbocycles. The second-order valence-electron chi connectivity index (χ2n) is 4.97. The standard InChI is InChI=1S/C16H13N7S/c1-3-7-12(8-4-1)15-19-18-14(24-15)11-17-16-20-21-22-23(16)13-9-5-2-6-10-13/h1-10H,11H2,(H,17,20,22). The van der Waals surface area contributed by atoms with Crippen LogP contribution < -0.4 is 5.32 Å². The van der Waals surface area contributed by atoms with Crippen LogP contribution in [0.5, 0.6) is 0 Å². The van der Waals surface area contributed by atoms with Gasteiger partial charge in [-0.05, 0) is 22.6 Å². The van der Waals surface area contributed by atoms with Crippen LogP contribution in [0.25, 0.3) is 16.3 Å². The smallest absolute Gasteiger partial charge is 0.248 e. The van der Waals surface area contributed by atoms with Crippen LogP contribution in [0.15, 0.2) is 60.7 Å². The van der Waals surface area contributed by atoms with Crippen molar-refractivity contribution in [3.8, 4) is 16.3 Å². The highest BCUT2D eigenvalue weighted by molar-refractivity contribution is 7.14. The molecular weight excluding hydrogens is 322 g/mol. The molecule has 0 bridgehead atoms. The quantitative estimate of drug-likeness (QED) is 0.604. The molecular formula is C16H13N7S. The number of benzene rings is 2. The number of hydrogen-bond donors (Lipinski definition) is 1. The minimum atomic E-state index is 0.512. The summed E-state index contributed by atoms with van der Waals surface area (Å²) in [5.41, 5.74) is 1.96. The largest absolute Gasteiger partial charge is 0.346 e. The zero-order chi connectivity index (χ0) is 16.2. The van der Waals surface area contributed by atoms with E-state index in [2.05, 4.69) is 31.0 Å². The second-order valence-corrected chi connectivity index (χ2v) is 6.03. The van der Waals surface area contributed by atoms with E-state index >= 15 is 0 Å². The molecule has 0 spiro atoms. The fraction of sp³-hybridized carbons (Fsp3) is 0.0625. The SMILES string of the molecule is c1ccc(-c2nnc(CNc3nnnn3-c3ccccc3)s2)cc1. The Balaban J connectivity index is 1.49. The average molecular weight is 335 g/mol. The molecule has 0 unspecified atom stereocenters. The first-order valence-electron chi connectivity index (χ1n) is 7.35. The van der Waals surface area contributed by atoms with Crippen molar-refractivity contribution in [3.63, 3.8) is 0 Å². The van der Waals surface area contributed by atoms with E-state index in [0.29, 0.717) is 12.5 Å². The molecule has 2 aromatic heterocycles. The van der Waals surface area contributed by atoms with Crippen molar-refractivity contribution in [1.29, 1.82) is 0 Å². The van der Waals surface area contributed by atoms with E-state index in [1.54, 1.807) is 16.0 Å². The van der Waals surface area contributed by atoms with Crippen molar-refractivity contribution in [1.82, 2.24) is 30.4 Å². The average Bonchev–Trinajstić information content (AvgIpc) is 3.31. The summed E-state index contributed by atoms with van der Waals surface area (Å²) in [6.45, 7) is 0.512. The molecule has 24 heavy (non-hydrogen) atoms. The molecule has 118 valence electrons. The van der Waals surface area contributed by atoms with Crippen LogP contribution in [-0.2, 0) is 6.54 Å². The Kier molecular flexibility index (Phi) is 3.95. The number of rotatable bonds is 5. The summed E-state index contributed by atoms with van der Waals surface area (Å²) in [7, 11) is 0. The van der Waals surface area contributed by atoms with Gasteiger partial charge in [0.25, 0.3) is 0 Å². The topological polar surface area (TPSA) is 81.4 Å². The van der Waals surface area contributed by atoms with Crippen molar-refractivity contribution >= 4 is 17.3 Å². The molecule has 7 nitrogen and oxygen atoms in total. The van der Waals surface area contributed by atoms with Crippen molar-refractivity contribution in [2.45, 2.75) is 6.54 Å². The van der Waals surface area contributed by atoms with Crippen LogP contribution in [0.3, 0.4) is 0 Å². The van der Waals surface area contributed by atoms with E-state index in [4.69, 9.17) is 0 Å². The zero-order valence-corrected chi connectivity index (χ0v) is 13.4. The molecule has 8 heteroatoms. The lowest BCUT2D eigenvalue weighted by Crippen LogP contribution is -2.07. The van der Waals surface area contributed by atoms with Gasteiger partial charge < -0.3 is 5.32 Å². The monoisotopic (exact) mass is 335 g/mol. The summed E-state index contributed by atoms with van der Waals surface area (Å²) in [5, 5.41) is 25.2. The lowest BCUT2D eigenvalue weighted by molar-refractivity contribution is 0.789. The first-order valence-corrected chi connectivity index (χ1v) is 8.17. The Morgan fingerprint density at radius 2 is 1.62 bits per heavy atom. The van der Waals surface area contributed by atoms with Crippen LogP contribution in [0, 0.1) is 0 Å². The fourth-order valence-electron chi connectivity index (χ4n) is 2.22. The molecule has 0 saturated heterocycles. The first-order chi connectivity index (χ1) is 11.9. The molecule has 4 rings (SSSR count). The van der Waals surface area contributed by atoms with E-state index < -0.39 is 0 Å². The van der Waals surface area contributed by atoms with Gasteiger partial charge in [0, 0.05) is 5.56 Å². The van der Waals surface area contributed by atoms with E-state index in [1.807, 2.05) is 60.7 Å². The number of nitrogens with zero attached hydrogens (tertiary/aromatic N) is 6. The predicted molar refractivity (Wildman–Crippen MR) is 91.8 cm³/mol. The van der Waals surface area contributed by atoms with Crippen LogP contribution >= 0.6 is 11.3 Å². The van der Waals surface area contributed by atoms with E-state index in [1.165, 1.54) is 0 Å². The van der Waals surface area contributed by atoms with Gasteiger partial charge in [-0.2, -0.15) is 4.68 Å². The highest BCUT2D eigenvalue weighted by atomic mass is 32.1. The number of nitrogens with one attached hydrogen (secondary N) is 1. The van der Waals surface area contributed by atoms with Gasteiger partial charge in [0.15, 0.2) is 0 Å². The third-order valence-corrected chi connectivity index (χ3v) is 4.33. The number of hydrogen-bond acceptors (Lipinski definition) is 7. The molecule has 1 N–H and O–H groups in total. The van der Waals surface area contributed by atoms with E-state index in [0.717, 1.165) is 21.3 Å². The van der Waals surface area contributed by atoms with Gasteiger partial charge in [-0.25, -0.2) is 0 Å². The van der Waals surface area contributed by atoms with Crippen molar-refractivity contribution in [2.75, 3.05) is 5.32 Å². The number of anilines is 1. The lowest BCUT2D eigenvalue weighted by atomic mass is 10.2. The van der Waals surface area contributed by atoms with Crippen molar-refractivity contribution < 1.29 is 0 Å². The van der Waals surface area contributed by atoms with Gasteiger partial charge in [0.2, 0.25) is 5.95 Å². The maximum Gasteiger partial charge on any atom is 0.248 e. The zero-order valence-electron chi connectivity index (χ0n) is 12.6. The summed E-state index contributed by atoms with van der Waals surface area (Å²) < 4.78 is 1.65. The Labute approximate surface area is 142 Å². The van der Waals surface area contributed by atoms with E-state index in [-0.39, 0.29) is 0 Å². The Morgan fingerprint density at radius 1 is 0.875 bits per heavy atom. The van der Waals surface area contributed by atoms with Gasteiger partial charge in [0.1, 0.15) is 10.0 Å². The summed E-state index contributed by atoms with van der Waals surface area (Å²) in [6, 6.07) is 19.7. The number of tetrazole rings is 1. The van der Waals surface area contributed by atoms with Crippen LogP contribution in [0.2, 0.25) is 0 Å². The highest BCUT2D eigenvalue weighted by Gasteiger charge is 2.10. The third kappa shape index (κ3) is 2.99. The maximum atomic E-state index is 4.24. The molecule has 2 aromatic carbocycles. The summed E-state index contributed by atoms with van der Waals surface area (Å²) in [4.78, 5) is 0. The highest BCUT2D eigenvalue weighted by Crippen LogP contribution is 2.23. The molecule has 0 radical (unpaired) electrons. The molecule has 0 fully saturated rings. The number of para-hydroxylation sites is 1. The Bertz CT molecular complexity index is 918. The molecule has 0 atom stereocenters. The van der Waals surface area contributed by atoms with Gasteiger partial charge >= 0.3 is 0 Å². The second kappa shape index (κ2) is 6.55. The molecule has 0 aliphatic carbocycles. The summed E-state index contributed by atoms with van der Waals surface area (Å²) in [6.07, 6.45) is 0. The molecule has 0 aliphatic heterocycles. The van der Waals surface area contributed by atoms with Gasteiger partial charge in [0.05, 0.1) is 12.2 Å². The number of aromatic nitrogens is 6. The van der Waals surface area contributed by atoms with E-state index in [9.17, 15) is 0 Å². The molecule has 4 aromatic rings. The molecule has 0 aliphatic rings. The Hall–Kier alpha value is -3.13. The van der Waals surface area contributed by atoms with Gasteiger partial charge in [-0.3, -0.25) is 0 Å². The summed E-state index contributed by atoms with van der Waals surface area (Å²) in [5.74, 6) is 0.567. The Morgan fingerprint density at radius 3 is 2.42 bits per heavy atom. The van der Waals surface area contributed by atoms with Crippen molar-refractivity contribution in [2.24, 2.45) is 0 Å². The molecule has 2 heterocycles. The van der Waals surface area contributed by atoms with Crippen LogP contribution in [0.4, 0.5) is 5.95 Å². The fourth-order valence-corrected chi connectivity index (χ4v) is 3.00. The van der Waals surface area contributed by atoms with Gasteiger partial charge in [-0.1, -0.05) is 65.0 Å². The minimum Gasteiger partial charge on any atom is -0.346 e. The molecule has 0 amide bonds. The van der Waals surface area contributed by atoms with Crippen molar-refractivity contribution in [3.05, 3.63) is 65.7 Å². The van der Waals surface area contributed by atoms with Crippen LogP contribution in [-0.4, -0.2) is 30.4 Å². The minimum absolute atomic E-state index is 0.512. The maximum absolute atomic E-state index is 4.24. The van der Waals surface area contributed by atoms with Crippen LogP contribution in [0.1, 0.15) is 5.01 Å². The first kappa shape index (κ1) is 14.5. The summed E-state index contributed by atoms with van der Waals surface area (Å²) >= 11 is 1.55. The van der Waals surface area contributed by atoms with Gasteiger partial charge in [-0.15, -0.1) is 10.2 Å². The third-order valence-electron chi connectivity index (χ3n) is 3.36.